The highest BCUT2D eigenvalue weighted by Gasteiger charge is 2.37. The Morgan fingerprint density at radius 3 is 2.83 bits per heavy atom. The molecule has 1 aliphatic rings. The van der Waals surface area contributed by atoms with Crippen LogP contribution in [-0.4, -0.2) is 23.2 Å². The fraction of sp³-hybridized carbons (Fsp3) is 0.500. The maximum atomic E-state index is 11.0. The van der Waals surface area contributed by atoms with E-state index in [9.17, 15) is 4.79 Å². The standard InChI is InChI=1S/C14H18ClNO2/c1-9-7-14(2,3)16(8-13(17)18)12-5-4-10(15)6-11(9)12/h4-6,9H,7-8H2,1-3H3,(H,17,18)/t9-/m0/s1. The molecule has 1 heterocycles. The zero-order valence-electron chi connectivity index (χ0n) is 10.9. The normalized spacial score (nSPS) is 21.6. The van der Waals surface area contributed by atoms with Gasteiger partial charge in [-0.05, 0) is 49.9 Å². The van der Waals surface area contributed by atoms with E-state index in [0.29, 0.717) is 10.9 Å². The van der Waals surface area contributed by atoms with E-state index in [1.807, 2.05) is 23.1 Å². The third-order valence-electron chi connectivity index (χ3n) is 3.64. The topological polar surface area (TPSA) is 40.5 Å². The van der Waals surface area contributed by atoms with Gasteiger partial charge in [-0.2, -0.15) is 0 Å². The van der Waals surface area contributed by atoms with Crippen LogP contribution in [0.5, 0.6) is 0 Å². The van der Waals surface area contributed by atoms with Crippen molar-refractivity contribution in [1.29, 1.82) is 0 Å². The van der Waals surface area contributed by atoms with E-state index in [2.05, 4.69) is 20.8 Å². The van der Waals surface area contributed by atoms with E-state index in [1.54, 1.807) is 0 Å². The maximum absolute atomic E-state index is 11.0. The molecule has 1 aromatic carbocycles. The summed E-state index contributed by atoms with van der Waals surface area (Å²) in [5.74, 6) is -0.419. The molecule has 1 atom stereocenters. The smallest absolute Gasteiger partial charge is 0.323 e. The monoisotopic (exact) mass is 267 g/mol. The van der Waals surface area contributed by atoms with Crippen LogP contribution in [-0.2, 0) is 4.79 Å². The summed E-state index contributed by atoms with van der Waals surface area (Å²) in [5, 5.41) is 9.78. The summed E-state index contributed by atoms with van der Waals surface area (Å²) in [4.78, 5) is 13.0. The Balaban J connectivity index is 2.51. The van der Waals surface area contributed by atoms with E-state index in [0.717, 1.165) is 17.7 Å². The molecule has 0 aromatic heterocycles. The summed E-state index contributed by atoms with van der Waals surface area (Å²) in [6, 6.07) is 5.70. The molecule has 1 aromatic rings. The zero-order chi connectivity index (χ0) is 13.5. The highest BCUT2D eigenvalue weighted by molar-refractivity contribution is 6.30. The van der Waals surface area contributed by atoms with E-state index >= 15 is 0 Å². The van der Waals surface area contributed by atoms with Crippen LogP contribution in [0.15, 0.2) is 18.2 Å². The molecule has 0 spiro atoms. The number of nitrogens with zero attached hydrogens (tertiary/aromatic N) is 1. The van der Waals surface area contributed by atoms with Gasteiger partial charge in [-0.25, -0.2) is 0 Å². The molecule has 1 N–H and O–H groups in total. The highest BCUT2D eigenvalue weighted by Crippen LogP contribution is 2.43. The van der Waals surface area contributed by atoms with Crippen molar-refractivity contribution in [2.45, 2.75) is 38.6 Å². The SMILES string of the molecule is C[C@H]1CC(C)(C)N(CC(=O)O)c2ccc(Cl)cc21. The number of aliphatic carboxylic acids is 1. The Labute approximate surface area is 112 Å². The molecule has 0 radical (unpaired) electrons. The predicted octanol–water partition coefficient (Wildman–Crippen LogP) is 3.52. The summed E-state index contributed by atoms with van der Waals surface area (Å²) in [5.41, 5.74) is 1.98. The quantitative estimate of drug-likeness (QED) is 0.891. The number of carboxylic acid groups (broad SMARTS) is 1. The van der Waals surface area contributed by atoms with Crippen LogP contribution in [0.2, 0.25) is 5.02 Å². The number of hydrogen-bond acceptors (Lipinski definition) is 2. The highest BCUT2D eigenvalue weighted by atomic mass is 35.5. The fourth-order valence-electron chi connectivity index (χ4n) is 2.90. The van der Waals surface area contributed by atoms with Crippen molar-refractivity contribution in [3.63, 3.8) is 0 Å². The minimum Gasteiger partial charge on any atom is -0.480 e. The Bertz CT molecular complexity index is 485. The minimum atomic E-state index is -0.807. The van der Waals surface area contributed by atoms with Gasteiger partial charge in [0.15, 0.2) is 0 Å². The molecule has 0 fully saturated rings. The average molecular weight is 268 g/mol. The summed E-state index contributed by atoms with van der Waals surface area (Å²) < 4.78 is 0. The van der Waals surface area contributed by atoms with Crippen LogP contribution in [0.4, 0.5) is 5.69 Å². The Hall–Kier alpha value is -1.22. The van der Waals surface area contributed by atoms with Gasteiger partial charge in [-0.1, -0.05) is 18.5 Å². The van der Waals surface area contributed by atoms with Gasteiger partial charge in [-0.15, -0.1) is 0 Å². The van der Waals surface area contributed by atoms with Crippen molar-refractivity contribution in [2.24, 2.45) is 0 Å². The molecule has 4 heteroatoms. The van der Waals surface area contributed by atoms with Gasteiger partial charge < -0.3 is 10.0 Å². The van der Waals surface area contributed by atoms with Crippen LogP contribution in [0.1, 0.15) is 38.7 Å². The Kier molecular flexibility index (Phi) is 3.28. The second-order valence-corrected chi connectivity index (χ2v) is 6.04. The van der Waals surface area contributed by atoms with Crippen LogP contribution < -0.4 is 4.90 Å². The number of hydrogen-bond donors (Lipinski definition) is 1. The van der Waals surface area contributed by atoms with Crippen LogP contribution in [0, 0.1) is 0 Å². The fourth-order valence-corrected chi connectivity index (χ4v) is 3.08. The first-order chi connectivity index (χ1) is 8.31. The number of halogens is 1. The van der Waals surface area contributed by atoms with E-state index in [-0.39, 0.29) is 12.1 Å². The second kappa shape index (κ2) is 4.47. The summed E-state index contributed by atoms with van der Waals surface area (Å²) in [7, 11) is 0. The first-order valence-electron chi connectivity index (χ1n) is 6.10. The number of carboxylic acids is 1. The average Bonchev–Trinajstić information content (AvgIpc) is 2.23. The van der Waals surface area contributed by atoms with Gasteiger partial charge in [0.05, 0.1) is 0 Å². The zero-order valence-corrected chi connectivity index (χ0v) is 11.7. The Morgan fingerprint density at radius 2 is 2.22 bits per heavy atom. The molecular weight excluding hydrogens is 250 g/mol. The molecular formula is C14H18ClNO2. The molecule has 18 heavy (non-hydrogen) atoms. The van der Waals surface area contributed by atoms with Gasteiger partial charge >= 0.3 is 5.97 Å². The largest absolute Gasteiger partial charge is 0.480 e. The molecule has 2 rings (SSSR count). The first kappa shape index (κ1) is 13.2. The lowest BCUT2D eigenvalue weighted by molar-refractivity contribution is -0.135. The molecule has 0 aliphatic carbocycles. The van der Waals surface area contributed by atoms with Crippen molar-refractivity contribution >= 4 is 23.3 Å². The molecule has 98 valence electrons. The second-order valence-electron chi connectivity index (χ2n) is 5.60. The van der Waals surface area contributed by atoms with E-state index in [1.165, 1.54) is 0 Å². The number of anilines is 1. The van der Waals surface area contributed by atoms with Crippen molar-refractivity contribution in [3.8, 4) is 0 Å². The van der Waals surface area contributed by atoms with Gasteiger partial charge in [0.25, 0.3) is 0 Å². The Morgan fingerprint density at radius 1 is 1.56 bits per heavy atom. The number of rotatable bonds is 2. The van der Waals surface area contributed by atoms with E-state index in [4.69, 9.17) is 16.7 Å². The van der Waals surface area contributed by atoms with Crippen LogP contribution in [0.3, 0.4) is 0 Å². The van der Waals surface area contributed by atoms with Gasteiger partial charge in [0.1, 0.15) is 6.54 Å². The maximum Gasteiger partial charge on any atom is 0.323 e. The lowest BCUT2D eigenvalue weighted by atomic mass is 9.80. The third-order valence-corrected chi connectivity index (χ3v) is 3.88. The number of fused-ring (bicyclic) bond motifs is 1. The lowest BCUT2D eigenvalue weighted by Gasteiger charge is -2.46. The predicted molar refractivity (Wildman–Crippen MR) is 73.5 cm³/mol. The molecule has 3 nitrogen and oxygen atoms in total. The minimum absolute atomic E-state index is 0.0222. The molecule has 0 saturated heterocycles. The summed E-state index contributed by atoms with van der Waals surface area (Å²) >= 11 is 6.03. The summed E-state index contributed by atoms with van der Waals surface area (Å²) in [6.07, 6.45) is 0.924. The molecule has 0 saturated carbocycles. The number of benzene rings is 1. The number of carbonyl (C=O) groups is 1. The lowest BCUT2D eigenvalue weighted by Crippen LogP contribution is -2.50. The van der Waals surface area contributed by atoms with Gasteiger partial charge in [-0.3, -0.25) is 4.79 Å². The van der Waals surface area contributed by atoms with Gasteiger partial charge in [0, 0.05) is 16.2 Å². The first-order valence-corrected chi connectivity index (χ1v) is 6.48. The van der Waals surface area contributed by atoms with Crippen LogP contribution >= 0.6 is 11.6 Å². The molecule has 0 amide bonds. The van der Waals surface area contributed by atoms with E-state index < -0.39 is 5.97 Å². The third kappa shape index (κ3) is 2.32. The van der Waals surface area contributed by atoms with Crippen LogP contribution in [0.25, 0.3) is 0 Å². The van der Waals surface area contributed by atoms with Crippen molar-refractivity contribution < 1.29 is 9.90 Å². The van der Waals surface area contributed by atoms with Gasteiger partial charge in [0.2, 0.25) is 0 Å². The van der Waals surface area contributed by atoms with Crippen molar-refractivity contribution in [2.75, 3.05) is 11.4 Å². The summed E-state index contributed by atoms with van der Waals surface area (Å²) in [6.45, 7) is 6.36. The molecule has 0 unspecified atom stereocenters. The molecule has 0 bridgehead atoms. The van der Waals surface area contributed by atoms with Crippen molar-refractivity contribution in [1.82, 2.24) is 0 Å². The van der Waals surface area contributed by atoms with Crippen molar-refractivity contribution in [3.05, 3.63) is 28.8 Å². The molecule has 1 aliphatic heterocycles.